The summed E-state index contributed by atoms with van der Waals surface area (Å²) in [6.07, 6.45) is 2.01. The van der Waals surface area contributed by atoms with Gasteiger partial charge in [-0.15, -0.1) is 0 Å². The first-order valence-electron chi connectivity index (χ1n) is 6.06. The molecule has 0 aliphatic carbocycles. The maximum atomic E-state index is 13.1. The average molecular weight is 238 g/mol. The zero-order valence-corrected chi connectivity index (χ0v) is 9.90. The molecule has 1 fully saturated rings. The van der Waals surface area contributed by atoms with Gasteiger partial charge in [0.05, 0.1) is 0 Å². The number of nitrogens with two attached hydrogens (primary N) is 1. The van der Waals surface area contributed by atoms with E-state index in [1.54, 1.807) is 6.07 Å². The monoisotopic (exact) mass is 238 g/mol. The van der Waals surface area contributed by atoms with Crippen LogP contribution in [0.4, 0.5) is 10.1 Å². The molecule has 0 bridgehead atoms. The third kappa shape index (κ3) is 3.17. The fourth-order valence-corrected chi connectivity index (χ4v) is 2.28. The molecule has 1 aromatic rings. The lowest BCUT2D eigenvalue weighted by Crippen LogP contribution is -2.34. The molecule has 0 unspecified atom stereocenters. The Hall–Kier alpha value is -1.13. The maximum Gasteiger partial charge on any atom is 0.123 e. The van der Waals surface area contributed by atoms with Gasteiger partial charge in [0.15, 0.2) is 0 Å². The lowest BCUT2D eigenvalue weighted by atomic mass is 9.97. The van der Waals surface area contributed by atoms with Gasteiger partial charge in [-0.3, -0.25) is 4.90 Å². The van der Waals surface area contributed by atoms with Gasteiger partial charge in [0.2, 0.25) is 0 Å². The van der Waals surface area contributed by atoms with Gasteiger partial charge in [0.1, 0.15) is 5.82 Å². The molecule has 3 N–H and O–H groups in total. The second-order valence-electron chi connectivity index (χ2n) is 4.75. The highest BCUT2D eigenvalue weighted by Gasteiger charge is 2.19. The molecular weight excluding hydrogens is 219 g/mol. The number of benzene rings is 1. The van der Waals surface area contributed by atoms with Gasteiger partial charge in [-0.2, -0.15) is 0 Å². The molecule has 0 spiro atoms. The topological polar surface area (TPSA) is 49.5 Å². The van der Waals surface area contributed by atoms with Crippen molar-refractivity contribution >= 4 is 5.69 Å². The molecule has 1 saturated heterocycles. The van der Waals surface area contributed by atoms with Crippen LogP contribution in [0.2, 0.25) is 0 Å². The minimum absolute atomic E-state index is 0.237. The predicted molar refractivity (Wildman–Crippen MR) is 65.9 cm³/mol. The molecule has 4 heteroatoms. The zero-order chi connectivity index (χ0) is 12.3. The van der Waals surface area contributed by atoms with Gasteiger partial charge in [-0.05, 0) is 55.6 Å². The molecule has 0 atom stereocenters. The van der Waals surface area contributed by atoms with Crippen LogP contribution in [0, 0.1) is 11.7 Å². The molecular formula is C13H19FN2O. The number of aliphatic hydroxyl groups is 1. The Bertz CT molecular complexity index is 376. The fourth-order valence-electron chi connectivity index (χ4n) is 2.28. The van der Waals surface area contributed by atoms with Crippen LogP contribution < -0.4 is 5.73 Å². The summed E-state index contributed by atoms with van der Waals surface area (Å²) in [5.41, 5.74) is 7.33. The Balaban J connectivity index is 1.95. The van der Waals surface area contributed by atoms with Crippen molar-refractivity contribution in [1.29, 1.82) is 0 Å². The molecule has 1 aliphatic heterocycles. The van der Waals surface area contributed by atoms with Crippen molar-refractivity contribution < 1.29 is 9.50 Å². The molecule has 0 amide bonds. The summed E-state index contributed by atoms with van der Waals surface area (Å²) >= 11 is 0. The number of nitrogens with zero attached hydrogens (tertiary/aromatic N) is 1. The van der Waals surface area contributed by atoms with Gasteiger partial charge >= 0.3 is 0 Å². The summed E-state index contributed by atoms with van der Waals surface area (Å²) in [5, 5.41) is 9.06. The summed E-state index contributed by atoms with van der Waals surface area (Å²) in [4.78, 5) is 2.26. The van der Waals surface area contributed by atoms with Crippen molar-refractivity contribution in [3.05, 3.63) is 29.6 Å². The lowest BCUT2D eigenvalue weighted by Gasteiger charge is -2.31. The number of aliphatic hydroxyl groups excluding tert-OH is 1. The smallest absolute Gasteiger partial charge is 0.123 e. The number of piperidine rings is 1. The van der Waals surface area contributed by atoms with E-state index >= 15 is 0 Å². The van der Waals surface area contributed by atoms with Crippen molar-refractivity contribution in [2.24, 2.45) is 5.92 Å². The van der Waals surface area contributed by atoms with E-state index in [-0.39, 0.29) is 12.4 Å². The molecule has 17 heavy (non-hydrogen) atoms. The van der Waals surface area contributed by atoms with E-state index in [1.165, 1.54) is 12.1 Å². The molecule has 2 rings (SSSR count). The third-order valence-corrected chi connectivity index (χ3v) is 3.46. The highest BCUT2D eigenvalue weighted by Crippen LogP contribution is 2.21. The van der Waals surface area contributed by atoms with Crippen LogP contribution in [0.1, 0.15) is 18.4 Å². The number of hydrogen-bond acceptors (Lipinski definition) is 3. The van der Waals surface area contributed by atoms with Crippen molar-refractivity contribution in [2.45, 2.75) is 19.4 Å². The van der Waals surface area contributed by atoms with Crippen LogP contribution in [-0.2, 0) is 6.54 Å². The highest BCUT2D eigenvalue weighted by molar-refractivity contribution is 5.46. The molecule has 94 valence electrons. The Kier molecular flexibility index (Phi) is 3.97. The summed E-state index contributed by atoms with van der Waals surface area (Å²) in [7, 11) is 0. The number of nitrogen functional groups attached to an aromatic ring is 1. The van der Waals surface area contributed by atoms with Crippen molar-refractivity contribution in [1.82, 2.24) is 4.90 Å². The number of hydrogen-bond donors (Lipinski definition) is 2. The van der Waals surface area contributed by atoms with E-state index < -0.39 is 0 Å². The van der Waals surface area contributed by atoms with Crippen LogP contribution >= 0.6 is 0 Å². The quantitative estimate of drug-likeness (QED) is 0.787. The van der Waals surface area contributed by atoms with E-state index in [4.69, 9.17) is 10.8 Å². The van der Waals surface area contributed by atoms with Crippen molar-refractivity contribution in [2.75, 3.05) is 25.4 Å². The first-order chi connectivity index (χ1) is 8.19. The van der Waals surface area contributed by atoms with Crippen LogP contribution in [0.25, 0.3) is 0 Å². The molecule has 1 aromatic carbocycles. The molecule has 0 saturated carbocycles. The fraction of sp³-hybridized carbons (Fsp3) is 0.538. The Labute approximate surface area is 101 Å². The molecule has 0 aromatic heterocycles. The largest absolute Gasteiger partial charge is 0.398 e. The number of rotatable bonds is 3. The first-order valence-corrected chi connectivity index (χ1v) is 6.06. The third-order valence-electron chi connectivity index (χ3n) is 3.46. The van der Waals surface area contributed by atoms with Gasteiger partial charge < -0.3 is 10.8 Å². The predicted octanol–water partition coefficient (Wildman–Crippen LogP) is 1.61. The Morgan fingerprint density at radius 3 is 2.71 bits per heavy atom. The lowest BCUT2D eigenvalue weighted by molar-refractivity contribution is 0.127. The normalized spacial score (nSPS) is 18.5. The van der Waals surface area contributed by atoms with E-state index in [0.29, 0.717) is 18.2 Å². The summed E-state index contributed by atoms with van der Waals surface area (Å²) in [6.45, 7) is 2.86. The van der Waals surface area contributed by atoms with Gasteiger partial charge in [0.25, 0.3) is 0 Å². The van der Waals surface area contributed by atoms with E-state index in [9.17, 15) is 4.39 Å². The average Bonchev–Trinajstić information content (AvgIpc) is 2.35. The molecule has 1 aliphatic rings. The second kappa shape index (κ2) is 5.47. The second-order valence-corrected chi connectivity index (χ2v) is 4.75. The van der Waals surface area contributed by atoms with Gasteiger partial charge in [-0.25, -0.2) is 4.39 Å². The molecule has 1 heterocycles. The minimum atomic E-state index is -0.237. The van der Waals surface area contributed by atoms with Crippen molar-refractivity contribution in [3.63, 3.8) is 0 Å². The number of halogens is 1. The maximum absolute atomic E-state index is 13.1. The van der Waals surface area contributed by atoms with Crippen molar-refractivity contribution in [3.8, 4) is 0 Å². The zero-order valence-electron chi connectivity index (χ0n) is 9.90. The van der Waals surface area contributed by atoms with Gasteiger partial charge in [0, 0.05) is 18.8 Å². The summed E-state index contributed by atoms with van der Waals surface area (Å²) in [6, 6.07) is 4.51. The molecule has 0 radical (unpaired) electrons. The van der Waals surface area contributed by atoms with Crippen LogP contribution in [-0.4, -0.2) is 29.7 Å². The first kappa shape index (κ1) is 12.3. The number of anilines is 1. The van der Waals surface area contributed by atoms with Crippen LogP contribution in [0.5, 0.6) is 0 Å². The SMILES string of the molecule is Nc1ccc(F)cc1CN1CCC(CO)CC1. The highest BCUT2D eigenvalue weighted by atomic mass is 19.1. The summed E-state index contributed by atoms with van der Waals surface area (Å²) in [5.74, 6) is 0.190. The van der Waals surface area contributed by atoms with Crippen LogP contribution in [0.3, 0.4) is 0 Å². The van der Waals surface area contributed by atoms with E-state index in [0.717, 1.165) is 31.5 Å². The standard InChI is InChI=1S/C13H19FN2O/c14-12-1-2-13(15)11(7-12)8-16-5-3-10(9-17)4-6-16/h1-2,7,10,17H,3-6,8-9,15H2. The summed E-state index contributed by atoms with van der Waals surface area (Å²) < 4.78 is 13.1. The minimum Gasteiger partial charge on any atom is -0.398 e. The van der Waals surface area contributed by atoms with Crippen LogP contribution in [0.15, 0.2) is 18.2 Å². The van der Waals surface area contributed by atoms with E-state index in [2.05, 4.69) is 4.90 Å². The number of likely N-dealkylation sites (tertiary alicyclic amines) is 1. The Morgan fingerprint density at radius 2 is 2.06 bits per heavy atom. The van der Waals surface area contributed by atoms with Gasteiger partial charge in [-0.1, -0.05) is 0 Å². The Morgan fingerprint density at radius 1 is 1.35 bits per heavy atom. The van der Waals surface area contributed by atoms with E-state index in [1.807, 2.05) is 0 Å². The molecule has 3 nitrogen and oxygen atoms in total.